The van der Waals surface area contributed by atoms with Crippen LogP contribution in [0.25, 0.3) is 16.9 Å². The number of nitrogens with two attached hydrogens (primary N) is 2. The van der Waals surface area contributed by atoms with Crippen molar-refractivity contribution < 1.29 is 14.6 Å². The number of carbonyl (C=O) groups excluding carboxylic acids is 1. The molecule has 0 unspecified atom stereocenters. The van der Waals surface area contributed by atoms with Gasteiger partial charge in [-0.25, -0.2) is 9.97 Å². The molecule has 0 spiro atoms. The molecule has 1 aliphatic heterocycles. The Kier molecular flexibility index (Phi) is 4.56. The fraction of sp³-hybridized carbons (Fsp3) is 0.421. The van der Waals surface area contributed by atoms with Crippen LogP contribution in [0.2, 0.25) is 0 Å². The van der Waals surface area contributed by atoms with Gasteiger partial charge >= 0.3 is 0 Å². The van der Waals surface area contributed by atoms with E-state index in [1.807, 2.05) is 19.9 Å². The number of amides is 1. The third kappa shape index (κ3) is 2.83. The lowest BCUT2D eigenvalue weighted by Gasteiger charge is -2.28. The molecule has 2 aromatic rings. The van der Waals surface area contributed by atoms with Gasteiger partial charge in [0.1, 0.15) is 22.7 Å². The fourth-order valence-corrected chi connectivity index (χ4v) is 3.88. The van der Waals surface area contributed by atoms with E-state index >= 15 is 0 Å². The average molecular weight is 384 g/mol. The van der Waals surface area contributed by atoms with E-state index in [9.17, 15) is 9.90 Å². The molecule has 3 heterocycles. The number of aliphatic hydroxyl groups excluding tert-OH is 1. The number of carbonyl (C=O) groups is 1. The van der Waals surface area contributed by atoms with Crippen LogP contribution in [0.3, 0.4) is 0 Å². The van der Waals surface area contributed by atoms with Crippen molar-refractivity contribution in [3.8, 4) is 0 Å². The Morgan fingerprint density at radius 1 is 1.36 bits per heavy atom. The van der Waals surface area contributed by atoms with E-state index in [1.54, 1.807) is 16.8 Å². The normalized spacial score (nSPS) is 22.9. The van der Waals surface area contributed by atoms with Gasteiger partial charge in [-0.15, -0.1) is 0 Å². The standard InChI is InChI=1S/C19H24N6O3/c1-10-3-4-12(26)11(2)16(10)25-17(20)14(18(21)27)15-19(25)22-9-13(23-15)24-5-7-28-8-6-24/h3-4,9,11-12,26H,5-8,20H2,1-2H3,(H2,21,27)/t11-,12+/m0/s1. The van der Waals surface area contributed by atoms with Crippen molar-refractivity contribution >= 4 is 34.4 Å². The summed E-state index contributed by atoms with van der Waals surface area (Å²) in [7, 11) is 0. The number of anilines is 2. The lowest BCUT2D eigenvalue weighted by molar-refractivity contribution is 0.100. The minimum atomic E-state index is -0.660. The van der Waals surface area contributed by atoms with Crippen LogP contribution in [0, 0.1) is 5.92 Å². The Labute approximate surface area is 162 Å². The van der Waals surface area contributed by atoms with Crippen LogP contribution < -0.4 is 16.4 Å². The van der Waals surface area contributed by atoms with Crippen molar-refractivity contribution in [2.75, 3.05) is 36.9 Å². The molecular formula is C19H24N6O3. The molecule has 1 saturated heterocycles. The summed E-state index contributed by atoms with van der Waals surface area (Å²) in [6.45, 7) is 6.44. The molecule has 28 heavy (non-hydrogen) atoms. The van der Waals surface area contributed by atoms with Crippen LogP contribution in [0.5, 0.6) is 0 Å². The highest BCUT2D eigenvalue weighted by Gasteiger charge is 2.30. The minimum absolute atomic E-state index is 0.147. The maximum atomic E-state index is 12.2. The molecule has 148 valence electrons. The van der Waals surface area contributed by atoms with E-state index in [-0.39, 0.29) is 17.3 Å². The highest BCUT2D eigenvalue weighted by molar-refractivity contribution is 6.10. The lowest BCUT2D eigenvalue weighted by atomic mass is 9.91. The Morgan fingerprint density at radius 3 is 2.75 bits per heavy atom. The number of rotatable bonds is 3. The van der Waals surface area contributed by atoms with Crippen molar-refractivity contribution in [2.24, 2.45) is 11.7 Å². The highest BCUT2D eigenvalue weighted by Crippen LogP contribution is 2.37. The van der Waals surface area contributed by atoms with Crippen LogP contribution in [-0.2, 0) is 4.74 Å². The molecule has 9 nitrogen and oxygen atoms in total. The second-order valence-corrected chi connectivity index (χ2v) is 7.17. The van der Waals surface area contributed by atoms with E-state index in [0.29, 0.717) is 43.3 Å². The molecule has 2 aromatic heterocycles. The average Bonchev–Trinajstić information content (AvgIpc) is 2.97. The monoisotopic (exact) mass is 384 g/mol. The highest BCUT2D eigenvalue weighted by atomic mass is 16.5. The van der Waals surface area contributed by atoms with Crippen molar-refractivity contribution in [1.29, 1.82) is 0 Å². The number of fused-ring (bicyclic) bond motifs is 1. The molecular weight excluding hydrogens is 360 g/mol. The van der Waals surface area contributed by atoms with E-state index in [0.717, 1.165) is 11.3 Å². The van der Waals surface area contributed by atoms with Gasteiger partial charge in [0.2, 0.25) is 0 Å². The van der Waals surface area contributed by atoms with Gasteiger partial charge in [0.05, 0.1) is 25.5 Å². The van der Waals surface area contributed by atoms with E-state index in [2.05, 4.69) is 14.9 Å². The lowest BCUT2D eigenvalue weighted by Crippen LogP contribution is -2.36. The molecule has 1 amide bonds. The number of primary amides is 1. The molecule has 0 radical (unpaired) electrons. The summed E-state index contributed by atoms with van der Waals surface area (Å²) >= 11 is 0. The quantitative estimate of drug-likeness (QED) is 0.711. The molecule has 4 rings (SSSR count). The van der Waals surface area contributed by atoms with E-state index in [4.69, 9.17) is 16.2 Å². The Morgan fingerprint density at radius 2 is 2.07 bits per heavy atom. The van der Waals surface area contributed by atoms with Gasteiger partial charge < -0.3 is 26.2 Å². The molecule has 5 N–H and O–H groups in total. The van der Waals surface area contributed by atoms with Gasteiger partial charge in [0.15, 0.2) is 5.65 Å². The van der Waals surface area contributed by atoms with Gasteiger partial charge in [-0.1, -0.05) is 19.1 Å². The van der Waals surface area contributed by atoms with Crippen LogP contribution in [-0.4, -0.2) is 58.0 Å². The molecule has 2 atom stereocenters. The summed E-state index contributed by atoms with van der Waals surface area (Å²) in [5.41, 5.74) is 14.7. The number of ether oxygens (including phenoxy) is 1. The predicted octanol–water partition coefficient (Wildman–Crippen LogP) is 0.747. The summed E-state index contributed by atoms with van der Waals surface area (Å²) in [6.07, 6.45) is 4.59. The zero-order valence-electron chi connectivity index (χ0n) is 15.9. The second kappa shape index (κ2) is 6.92. The number of nitrogens with zero attached hydrogens (tertiary/aromatic N) is 4. The first-order valence-electron chi connectivity index (χ1n) is 9.27. The number of hydrogen-bond donors (Lipinski definition) is 3. The van der Waals surface area contributed by atoms with E-state index in [1.165, 1.54) is 0 Å². The smallest absolute Gasteiger partial charge is 0.254 e. The third-order valence-corrected chi connectivity index (χ3v) is 5.40. The van der Waals surface area contributed by atoms with Gasteiger partial charge in [0.25, 0.3) is 5.91 Å². The molecule has 1 fully saturated rings. The molecule has 9 heteroatoms. The fourth-order valence-electron chi connectivity index (χ4n) is 3.88. The Bertz CT molecular complexity index is 1000. The van der Waals surface area contributed by atoms with Crippen LogP contribution in [0.15, 0.2) is 23.9 Å². The first kappa shape index (κ1) is 18.5. The zero-order chi connectivity index (χ0) is 20.0. The van der Waals surface area contributed by atoms with Crippen molar-refractivity contribution in [3.63, 3.8) is 0 Å². The van der Waals surface area contributed by atoms with Gasteiger partial charge in [-0.2, -0.15) is 0 Å². The summed E-state index contributed by atoms with van der Waals surface area (Å²) in [5, 5.41) is 10.3. The van der Waals surface area contributed by atoms with Gasteiger partial charge in [-0.3, -0.25) is 9.36 Å². The van der Waals surface area contributed by atoms with Crippen LogP contribution >= 0.6 is 0 Å². The Hall–Kier alpha value is -2.91. The number of aromatic nitrogens is 3. The first-order valence-corrected chi connectivity index (χ1v) is 9.27. The maximum absolute atomic E-state index is 12.2. The summed E-state index contributed by atoms with van der Waals surface area (Å²) in [5.74, 6) is -0.0556. The Balaban J connectivity index is 1.94. The molecule has 1 aliphatic carbocycles. The molecule has 0 bridgehead atoms. The number of nitrogen functional groups attached to an aromatic ring is 1. The minimum Gasteiger partial charge on any atom is -0.388 e. The molecule has 2 aliphatic rings. The number of allylic oxidation sites excluding steroid dienone is 2. The van der Waals surface area contributed by atoms with E-state index < -0.39 is 12.0 Å². The number of hydrogen-bond acceptors (Lipinski definition) is 7. The van der Waals surface area contributed by atoms with Crippen molar-refractivity contribution in [3.05, 3.63) is 29.5 Å². The maximum Gasteiger partial charge on any atom is 0.254 e. The predicted molar refractivity (Wildman–Crippen MR) is 107 cm³/mol. The van der Waals surface area contributed by atoms with Crippen molar-refractivity contribution in [1.82, 2.24) is 14.5 Å². The number of morpholine rings is 1. The molecule has 0 aromatic carbocycles. The SMILES string of the molecule is CC1=C(n2c(N)c(C(N)=O)c3nc(N4CCOCC4)cnc32)[C@@H](C)[C@H](O)C=C1. The first-order chi connectivity index (χ1) is 13.4. The van der Waals surface area contributed by atoms with Crippen LogP contribution in [0.1, 0.15) is 24.2 Å². The second-order valence-electron chi connectivity index (χ2n) is 7.17. The summed E-state index contributed by atoms with van der Waals surface area (Å²) in [4.78, 5) is 23.5. The van der Waals surface area contributed by atoms with Gasteiger partial charge in [-0.05, 0) is 12.5 Å². The van der Waals surface area contributed by atoms with Gasteiger partial charge in [0, 0.05) is 24.7 Å². The number of aliphatic hydroxyl groups is 1. The van der Waals surface area contributed by atoms with Crippen molar-refractivity contribution in [2.45, 2.75) is 20.0 Å². The third-order valence-electron chi connectivity index (χ3n) is 5.40. The van der Waals surface area contributed by atoms with Crippen LogP contribution in [0.4, 0.5) is 11.6 Å². The summed E-state index contributed by atoms with van der Waals surface area (Å²) < 4.78 is 7.08. The zero-order valence-corrected chi connectivity index (χ0v) is 15.9. The molecule has 0 saturated carbocycles. The topological polar surface area (TPSA) is 133 Å². The summed E-state index contributed by atoms with van der Waals surface area (Å²) in [6, 6.07) is 0. The largest absolute Gasteiger partial charge is 0.388 e.